The van der Waals surface area contributed by atoms with Crippen molar-refractivity contribution in [3.05, 3.63) is 0 Å². The molecule has 0 radical (unpaired) electrons. The van der Waals surface area contributed by atoms with Gasteiger partial charge in [0.2, 0.25) is 0 Å². The number of thioether (sulfide) groups is 1. The number of quaternary nitrogens is 1. The van der Waals surface area contributed by atoms with Gasteiger partial charge >= 0.3 is 0 Å². The van der Waals surface area contributed by atoms with Crippen molar-refractivity contribution in [1.29, 1.82) is 0 Å². The number of carbonyl (C=O) groups is 1. The molecule has 1 fully saturated rings. The fourth-order valence-electron chi connectivity index (χ4n) is 2.40. The van der Waals surface area contributed by atoms with Crippen LogP contribution in [0.4, 0.5) is 0 Å². The molecular formula is C11H22NOS+. The molecule has 2 nitrogen and oxygen atoms in total. The van der Waals surface area contributed by atoms with Crippen LogP contribution in [0.3, 0.4) is 0 Å². The molecule has 1 rings (SSSR count). The summed E-state index contributed by atoms with van der Waals surface area (Å²) in [5.74, 6) is 0. The fourth-order valence-corrected chi connectivity index (χ4v) is 3.40. The standard InChI is InChI=1S/C11H22NOS/c1-10(14-11(2)13)9-12(3)7-5-4-6-8-12/h10H,4-9H2,1-3H3/q+1. The molecular weight excluding hydrogens is 194 g/mol. The molecule has 1 atom stereocenters. The largest absolute Gasteiger partial charge is 0.325 e. The molecule has 0 saturated carbocycles. The molecule has 0 amide bonds. The van der Waals surface area contributed by atoms with Crippen molar-refractivity contribution in [3.63, 3.8) is 0 Å². The average molecular weight is 216 g/mol. The van der Waals surface area contributed by atoms with E-state index in [9.17, 15) is 4.79 Å². The van der Waals surface area contributed by atoms with Crippen LogP contribution in [0.5, 0.6) is 0 Å². The molecule has 1 aliphatic heterocycles. The fraction of sp³-hybridized carbons (Fsp3) is 0.909. The topological polar surface area (TPSA) is 17.1 Å². The first-order valence-electron chi connectivity index (χ1n) is 5.53. The second kappa shape index (κ2) is 5.17. The van der Waals surface area contributed by atoms with Gasteiger partial charge in [0.05, 0.1) is 31.9 Å². The summed E-state index contributed by atoms with van der Waals surface area (Å²) in [4.78, 5) is 11.0. The molecule has 3 heteroatoms. The maximum absolute atomic E-state index is 11.0. The summed E-state index contributed by atoms with van der Waals surface area (Å²) in [7, 11) is 2.33. The highest BCUT2D eigenvalue weighted by molar-refractivity contribution is 8.14. The summed E-state index contributed by atoms with van der Waals surface area (Å²) < 4.78 is 1.17. The smallest absolute Gasteiger partial charge is 0.186 e. The Morgan fingerprint density at radius 2 is 1.93 bits per heavy atom. The highest BCUT2D eigenvalue weighted by Gasteiger charge is 2.27. The summed E-state index contributed by atoms with van der Waals surface area (Å²) in [6.45, 7) is 7.57. The molecule has 0 aromatic heterocycles. The van der Waals surface area contributed by atoms with E-state index in [1.807, 2.05) is 0 Å². The monoisotopic (exact) mass is 216 g/mol. The van der Waals surface area contributed by atoms with Crippen LogP contribution < -0.4 is 0 Å². The van der Waals surface area contributed by atoms with Crippen molar-refractivity contribution in [2.24, 2.45) is 0 Å². The molecule has 0 spiro atoms. The van der Waals surface area contributed by atoms with E-state index < -0.39 is 0 Å². The molecule has 0 bridgehead atoms. The summed E-state index contributed by atoms with van der Waals surface area (Å²) in [5.41, 5.74) is 0. The van der Waals surface area contributed by atoms with Crippen LogP contribution in [-0.2, 0) is 4.79 Å². The van der Waals surface area contributed by atoms with Crippen molar-refractivity contribution in [2.45, 2.75) is 38.4 Å². The first-order valence-corrected chi connectivity index (χ1v) is 6.41. The van der Waals surface area contributed by atoms with Gasteiger partial charge in [-0.05, 0) is 26.2 Å². The Balaban J connectivity index is 2.36. The number of hydrogen-bond acceptors (Lipinski definition) is 2. The molecule has 1 aliphatic rings. The lowest BCUT2D eigenvalue weighted by molar-refractivity contribution is -0.913. The number of likely N-dealkylation sites (tertiary alicyclic amines) is 1. The summed E-state index contributed by atoms with van der Waals surface area (Å²) in [6, 6.07) is 0. The van der Waals surface area contributed by atoms with E-state index in [1.54, 1.807) is 6.92 Å². The van der Waals surface area contributed by atoms with Crippen LogP contribution in [0, 0.1) is 0 Å². The minimum Gasteiger partial charge on any atom is -0.325 e. The van der Waals surface area contributed by atoms with Gasteiger partial charge in [0, 0.05) is 6.92 Å². The minimum atomic E-state index is 0.251. The third-order valence-corrected chi connectivity index (χ3v) is 3.84. The van der Waals surface area contributed by atoms with Crippen molar-refractivity contribution >= 4 is 16.9 Å². The number of hydrogen-bond donors (Lipinski definition) is 0. The van der Waals surface area contributed by atoms with E-state index in [2.05, 4.69) is 14.0 Å². The lowest BCUT2D eigenvalue weighted by Gasteiger charge is -2.39. The highest BCUT2D eigenvalue weighted by atomic mass is 32.2. The van der Waals surface area contributed by atoms with Gasteiger partial charge in [0.15, 0.2) is 5.12 Å². The van der Waals surface area contributed by atoms with E-state index in [-0.39, 0.29) is 5.12 Å². The lowest BCUT2D eigenvalue weighted by Crippen LogP contribution is -2.50. The molecule has 14 heavy (non-hydrogen) atoms. The van der Waals surface area contributed by atoms with Gasteiger partial charge in [-0.25, -0.2) is 0 Å². The third kappa shape index (κ3) is 4.01. The van der Waals surface area contributed by atoms with E-state index in [0.717, 1.165) is 6.54 Å². The van der Waals surface area contributed by atoms with Gasteiger partial charge in [-0.15, -0.1) is 0 Å². The van der Waals surface area contributed by atoms with Gasteiger partial charge in [0.1, 0.15) is 0 Å². The number of rotatable bonds is 3. The van der Waals surface area contributed by atoms with E-state index in [1.165, 1.54) is 48.6 Å². The number of piperidine rings is 1. The van der Waals surface area contributed by atoms with Crippen molar-refractivity contribution < 1.29 is 9.28 Å². The van der Waals surface area contributed by atoms with Crippen LogP contribution in [0.15, 0.2) is 0 Å². The summed E-state index contributed by atoms with van der Waals surface area (Å²) in [5, 5.41) is 0.719. The van der Waals surface area contributed by atoms with Crippen molar-refractivity contribution in [2.75, 3.05) is 26.7 Å². The SMILES string of the molecule is CC(=O)SC(C)C[N+]1(C)CCCCC1. The zero-order valence-electron chi connectivity index (χ0n) is 9.58. The Hall–Kier alpha value is -0.0200. The van der Waals surface area contributed by atoms with E-state index in [4.69, 9.17) is 0 Å². The number of carbonyl (C=O) groups excluding carboxylic acids is 1. The predicted octanol–water partition coefficient (Wildman–Crippen LogP) is 2.29. The Kier molecular flexibility index (Phi) is 4.45. The quantitative estimate of drug-likeness (QED) is 0.673. The van der Waals surface area contributed by atoms with Gasteiger partial charge in [-0.2, -0.15) is 0 Å². The first kappa shape index (κ1) is 12.1. The second-order valence-corrected chi connectivity index (χ2v) is 6.35. The van der Waals surface area contributed by atoms with Gasteiger partial charge in [0.25, 0.3) is 0 Å². The first-order chi connectivity index (χ1) is 6.52. The second-order valence-electron chi connectivity index (χ2n) is 4.73. The molecule has 82 valence electrons. The molecule has 1 unspecified atom stereocenters. The van der Waals surface area contributed by atoms with E-state index >= 15 is 0 Å². The van der Waals surface area contributed by atoms with E-state index in [0.29, 0.717) is 5.25 Å². The summed E-state index contributed by atoms with van der Waals surface area (Å²) >= 11 is 1.49. The van der Waals surface area contributed by atoms with Crippen LogP contribution in [0.25, 0.3) is 0 Å². The van der Waals surface area contributed by atoms with Crippen LogP contribution >= 0.6 is 11.8 Å². The Bertz CT molecular complexity index is 199. The average Bonchev–Trinajstić information content (AvgIpc) is 2.02. The predicted molar refractivity (Wildman–Crippen MR) is 62.4 cm³/mol. The molecule has 0 aromatic carbocycles. The van der Waals surface area contributed by atoms with Crippen LogP contribution in [0.2, 0.25) is 0 Å². The molecule has 1 saturated heterocycles. The zero-order valence-corrected chi connectivity index (χ0v) is 10.4. The highest BCUT2D eigenvalue weighted by Crippen LogP contribution is 2.21. The molecule has 0 aliphatic carbocycles. The normalized spacial score (nSPS) is 23.1. The minimum absolute atomic E-state index is 0.251. The van der Waals surface area contributed by atoms with Crippen LogP contribution in [0.1, 0.15) is 33.1 Å². The molecule has 1 heterocycles. The van der Waals surface area contributed by atoms with Gasteiger partial charge in [-0.3, -0.25) is 4.79 Å². The van der Waals surface area contributed by atoms with Crippen molar-refractivity contribution in [3.8, 4) is 0 Å². The lowest BCUT2D eigenvalue weighted by atomic mass is 10.1. The van der Waals surface area contributed by atoms with Gasteiger partial charge in [-0.1, -0.05) is 11.8 Å². The third-order valence-electron chi connectivity index (χ3n) is 2.96. The maximum Gasteiger partial charge on any atom is 0.186 e. The Labute approximate surface area is 91.6 Å². The zero-order chi connectivity index (χ0) is 10.6. The number of nitrogens with zero attached hydrogens (tertiary/aromatic N) is 1. The maximum atomic E-state index is 11.0. The molecule has 0 N–H and O–H groups in total. The molecule has 0 aromatic rings. The Morgan fingerprint density at radius 3 is 2.43 bits per heavy atom. The van der Waals surface area contributed by atoms with Crippen LogP contribution in [-0.4, -0.2) is 41.5 Å². The Morgan fingerprint density at radius 1 is 1.36 bits per heavy atom. The van der Waals surface area contributed by atoms with Crippen molar-refractivity contribution in [1.82, 2.24) is 0 Å². The van der Waals surface area contributed by atoms with Gasteiger partial charge < -0.3 is 4.48 Å². The summed E-state index contributed by atoms with van der Waals surface area (Å²) in [6.07, 6.45) is 4.10.